The lowest BCUT2D eigenvalue weighted by Crippen LogP contribution is -2.39. The van der Waals surface area contributed by atoms with Crippen LogP contribution in [0.1, 0.15) is 37.7 Å². The van der Waals surface area contributed by atoms with Crippen molar-refractivity contribution in [3.8, 4) is 0 Å². The predicted molar refractivity (Wildman–Crippen MR) is 88.7 cm³/mol. The maximum absolute atomic E-state index is 11.9. The minimum absolute atomic E-state index is 0.0162. The summed E-state index contributed by atoms with van der Waals surface area (Å²) in [5.74, 6) is 0.311. The summed E-state index contributed by atoms with van der Waals surface area (Å²) in [7, 11) is 0. The van der Waals surface area contributed by atoms with Crippen LogP contribution in [0, 0.1) is 5.92 Å². The van der Waals surface area contributed by atoms with Gasteiger partial charge in [0.2, 0.25) is 11.8 Å². The minimum atomic E-state index is -0.0625. The summed E-state index contributed by atoms with van der Waals surface area (Å²) in [6.07, 6.45) is 4.44. The molecule has 1 fully saturated rings. The van der Waals surface area contributed by atoms with E-state index >= 15 is 0 Å². The van der Waals surface area contributed by atoms with Crippen molar-refractivity contribution in [2.24, 2.45) is 5.92 Å². The van der Waals surface area contributed by atoms with E-state index in [9.17, 15) is 9.59 Å². The molecule has 1 aliphatic carbocycles. The Bertz CT molecular complexity index is 496. The first-order valence-corrected chi connectivity index (χ1v) is 8.38. The third-order valence-corrected chi connectivity index (χ3v) is 4.35. The molecule has 0 aromatic heterocycles. The molecule has 2 amide bonds. The Morgan fingerprint density at radius 3 is 2.39 bits per heavy atom. The molecular formula is C18H26N2O3. The summed E-state index contributed by atoms with van der Waals surface area (Å²) in [5, 5.41) is 14.9. The fourth-order valence-corrected chi connectivity index (χ4v) is 2.95. The molecule has 0 heterocycles. The third-order valence-electron chi connectivity index (χ3n) is 4.35. The summed E-state index contributed by atoms with van der Waals surface area (Å²) in [6.45, 7) is 0.609. The van der Waals surface area contributed by atoms with Gasteiger partial charge in [-0.25, -0.2) is 0 Å². The second-order valence-electron chi connectivity index (χ2n) is 6.23. The van der Waals surface area contributed by atoms with E-state index in [1.165, 1.54) is 0 Å². The minimum Gasteiger partial charge on any atom is -0.396 e. The zero-order valence-electron chi connectivity index (χ0n) is 13.5. The van der Waals surface area contributed by atoms with E-state index in [2.05, 4.69) is 10.6 Å². The van der Waals surface area contributed by atoms with Gasteiger partial charge < -0.3 is 15.7 Å². The van der Waals surface area contributed by atoms with E-state index in [0.29, 0.717) is 25.3 Å². The number of aliphatic hydroxyl groups is 1. The van der Waals surface area contributed by atoms with Gasteiger partial charge in [0, 0.05) is 25.6 Å². The van der Waals surface area contributed by atoms with Gasteiger partial charge in [0.15, 0.2) is 0 Å². The van der Waals surface area contributed by atoms with Crippen LogP contribution in [-0.4, -0.2) is 36.1 Å². The molecule has 23 heavy (non-hydrogen) atoms. The molecule has 1 aromatic rings. The Labute approximate surface area is 137 Å². The quantitative estimate of drug-likeness (QED) is 0.711. The van der Waals surface area contributed by atoms with E-state index in [1.54, 1.807) is 0 Å². The Hall–Kier alpha value is -1.88. The number of aliphatic hydroxyl groups excluding tert-OH is 1. The number of benzene rings is 1. The zero-order valence-corrected chi connectivity index (χ0v) is 13.5. The summed E-state index contributed by atoms with van der Waals surface area (Å²) in [5.41, 5.74) is 0.968. The zero-order chi connectivity index (χ0) is 16.5. The Balaban J connectivity index is 1.58. The number of nitrogens with one attached hydrogen (secondary N) is 2. The lowest BCUT2D eigenvalue weighted by molar-refractivity contribution is -0.122. The SMILES string of the molecule is O=C(Cc1ccccc1)NCCC(=O)NC1CCC(CO)CC1. The lowest BCUT2D eigenvalue weighted by atomic mass is 9.86. The van der Waals surface area contributed by atoms with Gasteiger partial charge in [0.1, 0.15) is 0 Å². The van der Waals surface area contributed by atoms with Crippen molar-refractivity contribution < 1.29 is 14.7 Å². The molecule has 126 valence electrons. The Morgan fingerprint density at radius 1 is 1.04 bits per heavy atom. The van der Waals surface area contributed by atoms with Crippen LogP contribution >= 0.6 is 0 Å². The molecule has 1 aromatic carbocycles. The second kappa shape index (κ2) is 9.30. The molecule has 0 radical (unpaired) electrons. The van der Waals surface area contributed by atoms with Crippen molar-refractivity contribution in [1.82, 2.24) is 10.6 Å². The smallest absolute Gasteiger partial charge is 0.224 e. The highest BCUT2D eigenvalue weighted by Gasteiger charge is 2.21. The molecule has 1 saturated carbocycles. The first kappa shape index (κ1) is 17.5. The number of hydrogen-bond acceptors (Lipinski definition) is 3. The molecule has 2 rings (SSSR count). The molecule has 0 spiro atoms. The van der Waals surface area contributed by atoms with Crippen LogP contribution < -0.4 is 10.6 Å². The second-order valence-corrected chi connectivity index (χ2v) is 6.23. The van der Waals surface area contributed by atoms with Crippen molar-refractivity contribution in [3.05, 3.63) is 35.9 Å². The van der Waals surface area contributed by atoms with Gasteiger partial charge in [0.25, 0.3) is 0 Å². The van der Waals surface area contributed by atoms with Crippen molar-refractivity contribution in [3.63, 3.8) is 0 Å². The number of carbonyl (C=O) groups excluding carboxylic acids is 2. The summed E-state index contributed by atoms with van der Waals surface area (Å²) in [6, 6.07) is 9.76. The van der Waals surface area contributed by atoms with Gasteiger partial charge in [-0.2, -0.15) is 0 Å². The number of rotatable bonds is 7. The third kappa shape index (κ3) is 6.40. The topological polar surface area (TPSA) is 78.4 Å². The van der Waals surface area contributed by atoms with E-state index in [4.69, 9.17) is 5.11 Å². The highest BCUT2D eigenvalue weighted by Crippen LogP contribution is 2.23. The van der Waals surface area contributed by atoms with Crippen LogP contribution in [0.3, 0.4) is 0 Å². The van der Waals surface area contributed by atoms with Crippen molar-refractivity contribution in [2.45, 2.75) is 44.6 Å². The number of carbonyl (C=O) groups is 2. The number of hydrogen-bond donors (Lipinski definition) is 3. The highest BCUT2D eigenvalue weighted by molar-refractivity contribution is 5.80. The van der Waals surface area contributed by atoms with E-state index in [-0.39, 0.29) is 24.5 Å². The monoisotopic (exact) mass is 318 g/mol. The van der Waals surface area contributed by atoms with E-state index in [1.807, 2.05) is 30.3 Å². The van der Waals surface area contributed by atoms with Crippen molar-refractivity contribution >= 4 is 11.8 Å². The Morgan fingerprint density at radius 2 is 1.74 bits per heavy atom. The summed E-state index contributed by atoms with van der Waals surface area (Å²) < 4.78 is 0. The summed E-state index contributed by atoms with van der Waals surface area (Å²) in [4.78, 5) is 23.7. The predicted octanol–water partition coefficient (Wildman–Crippen LogP) is 1.40. The molecule has 0 unspecified atom stereocenters. The number of amides is 2. The van der Waals surface area contributed by atoms with Crippen LogP contribution in [0.4, 0.5) is 0 Å². The maximum atomic E-state index is 11.9. The van der Waals surface area contributed by atoms with Crippen LogP contribution in [0.15, 0.2) is 30.3 Å². The fourth-order valence-electron chi connectivity index (χ4n) is 2.95. The molecular weight excluding hydrogens is 292 g/mol. The van der Waals surface area contributed by atoms with Gasteiger partial charge in [-0.05, 0) is 37.2 Å². The Kier molecular flexibility index (Phi) is 7.07. The largest absolute Gasteiger partial charge is 0.396 e. The van der Waals surface area contributed by atoms with Crippen molar-refractivity contribution in [1.29, 1.82) is 0 Å². The van der Waals surface area contributed by atoms with Crippen LogP contribution in [0.25, 0.3) is 0 Å². The van der Waals surface area contributed by atoms with Gasteiger partial charge >= 0.3 is 0 Å². The molecule has 5 nitrogen and oxygen atoms in total. The van der Waals surface area contributed by atoms with Crippen LogP contribution in [0.2, 0.25) is 0 Å². The van der Waals surface area contributed by atoms with E-state index in [0.717, 1.165) is 31.2 Å². The lowest BCUT2D eigenvalue weighted by Gasteiger charge is -2.27. The fraction of sp³-hybridized carbons (Fsp3) is 0.556. The first-order chi connectivity index (χ1) is 11.2. The van der Waals surface area contributed by atoms with Gasteiger partial charge in [-0.1, -0.05) is 30.3 Å². The van der Waals surface area contributed by atoms with Gasteiger partial charge in [-0.15, -0.1) is 0 Å². The van der Waals surface area contributed by atoms with Crippen LogP contribution in [-0.2, 0) is 16.0 Å². The van der Waals surface area contributed by atoms with Gasteiger partial charge in [0.05, 0.1) is 6.42 Å². The molecule has 5 heteroatoms. The summed E-state index contributed by atoms with van der Waals surface area (Å²) >= 11 is 0. The van der Waals surface area contributed by atoms with E-state index < -0.39 is 0 Å². The van der Waals surface area contributed by atoms with Crippen molar-refractivity contribution in [2.75, 3.05) is 13.2 Å². The molecule has 0 aliphatic heterocycles. The normalized spacial score (nSPS) is 20.7. The molecule has 3 N–H and O–H groups in total. The van der Waals surface area contributed by atoms with Gasteiger partial charge in [-0.3, -0.25) is 9.59 Å². The molecule has 1 aliphatic rings. The maximum Gasteiger partial charge on any atom is 0.224 e. The molecule has 0 atom stereocenters. The average Bonchev–Trinajstić information content (AvgIpc) is 2.56. The van der Waals surface area contributed by atoms with Crippen LogP contribution in [0.5, 0.6) is 0 Å². The first-order valence-electron chi connectivity index (χ1n) is 8.38. The molecule has 0 saturated heterocycles. The standard InChI is InChI=1S/C18H26N2O3/c21-13-15-6-8-16(9-7-15)20-17(22)10-11-19-18(23)12-14-4-2-1-3-5-14/h1-5,15-16,21H,6-13H2,(H,19,23)(H,20,22). The molecule has 0 bridgehead atoms. The average molecular weight is 318 g/mol. The highest BCUT2D eigenvalue weighted by atomic mass is 16.3.